The van der Waals surface area contributed by atoms with Crippen molar-refractivity contribution in [2.45, 2.75) is 58.5 Å². The lowest BCUT2D eigenvalue weighted by Gasteiger charge is -2.32. The summed E-state index contributed by atoms with van der Waals surface area (Å²) in [6.07, 6.45) is 0. The molecule has 2 heterocycles. The number of hydrogen-bond acceptors (Lipinski definition) is 3. The van der Waals surface area contributed by atoms with Gasteiger partial charge in [-0.15, -0.1) is 16.9 Å². The minimum absolute atomic E-state index is 0.271. The molecule has 0 spiro atoms. The Bertz CT molecular complexity index is 544. The zero-order valence-electron chi connectivity index (χ0n) is 13.5. The van der Waals surface area contributed by atoms with Gasteiger partial charge in [0.1, 0.15) is 8.07 Å². The van der Waals surface area contributed by atoms with Gasteiger partial charge in [-0.25, -0.2) is 0 Å². The first-order valence-corrected chi connectivity index (χ1v) is 11.3. The van der Waals surface area contributed by atoms with Crippen LogP contribution in [0.4, 0.5) is 0 Å². The van der Waals surface area contributed by atoms with Gasteiger partial charge < -0.3 is 9.31 Å². The molecule has 2 nitrogen and oxygen atoms in total. The summed E-state index contributed by atoms with van der Waals surface area (Å²) in [6, 6.07) is 4.14. The highest BCUT2D eigenvalue weighted by Crippen LogP contribution is 2.36. The van der Waals surface area contributed by atoms with E-state index in [0.29, 0.717) is 0 Å². The summed E-state index contributed by atoms with van der Waals surface area (Å²) < 4.78 is 13.2. The molecule has 2 rings (SSSR count). The molecule has 108 valence electrons. The molecule has 0 atom stereocenters. The summed E-state index contributed by atoms with van der Waals surface area (Å²) in [6.45, 7) is 15.1. The SMILES string of the molecule is CC1(C)OB(c2ccc(C#C[Si](C)(C)C)s2)OC1(C)C. The Balaban J connectivity index is 2.17. The Morgan fingerprint density at radius 2 is 1.60 bits per heavy atom. The van der Waals surface area contributed by atoms with Crippen molar-refractivity contribution < 1.29 is 9.31 Å². The summed E-state index contributed by atoms with van der Waals surface area (Å²) >= 11 is 1.67. The highest BCUT2D eigenvalue weighted by molar-refractivity contribution is 7.22. The Kier molecular flexibility index (Phi) is 3.98. The molecule has 0 unspecified atom stereocenters. The van der Waals surface area contributed by atoms with Crippen LogP contribution >= 0.6 is 11.3 Å². The zero-order chi connectivity index (χ0) is 15.2. The fourth-order valence-electron chi connectivity index (χ4n) is 1.76. The predicted octanol–water partition coefficient (Wildman–Crippen LogP) is 3.28. The van der Waals surface area contributed by atoms with Gasteiger partial charge in [0.2, 0.25) is 0 Å². The molecule has 1 fully saturated rings. The monoisotopic (exact) mass is 306 g/mol. The van der Waals surface area contributed by atoms with Crippen LogP contribution in [-0.4, -0.2) is 26.4 Å². The van der Waals surface area contributed by atoms with Crippen molar-refractivity contribution in [2.75, 3.05) is 0 Å². The van der Waals surface area contributed by atoms with Crippen LogP contribution in [0.25, 0.3) is 0 Å². The van der Waals surface area contributed by atoms with Crippen LogP contribution in [0.3, 0.4) is 0 Å². The molecule has 1 aromatic rings. The lowest BCUT2D eigenvalue weighted by molar-refractivity contribution is 0.00578. The third-order valence-corrected chi connectivity index (χ3v) is 5.57. The van der Waals surface area contributed by atoms with Gasteiger partial charge in [0.05, 0.1) is 16.1 Å². The Labute approximate surface area is 128 Å². The van der Waals surface area contributed by atoms with E-state index in [4.69, 9.17) is 9.31 Å². The van der Waals surface area contributed by atoms with E-state index in [0.717, 1.165) is 9.65 Å². The van der Waals surface area contributed by atoms with E-state index >= 15 is 0 Å². The van der Waals surface area contributed by atoms with Crippen LogP contribution in [0, 0.1) is 11.5 Å². The minimum Gasteiger partial charge on any atom is -0.399 e. The van der Waals surface area contributed by atoms with Crippen molar-refractivity contribution in [2.24, 2.45) is 0 Å². The lowest BCUT2D eigenvalue weighted by atomic mass is 9.88. The largest absolute Gasteiger partial charge is 0.505 e. The maximum Gasteiger partial charge on any atom is 0.505 e. The molecule has 20 heavy (non-hydrogen) atoms. The average molecular weight is 306 g/mol. The topological polar surface area (TPSA) is 18.5 Å². The van der Waals surface area contributed by atoms with Crippen LogP contribution in [0.5, 0.6) is 0 Å². The van der Waals surface area contributed by atoms with Crippen molar-refractivity contribution >= 4 is 31.3 Å². The van der Waals surface area contributed by atoms with Crippen molar-refractivity contribution in [1.82, 2.24) is 0 Å². The second-order valence-electron chi connectivity index (χ2n) is 7.29. The van der Waals surface area contributed by atoms with E-state index in [1.165, 1.54) is 0 Å². The van der Waals surface area contributed by atoms with E-state index < -0.39 is 8.07 Å². The molecule has 1 saturated heterocycles. The van der Waals surface area contributed by atoms with Crippen molar-refractivity contribution in [1.29, 1.82) is 0 Å². The molecule has 1 aliphatic heterocycles. The van der Waals surface area contributed by atoms with Crippen LogP contribution in [0.15, 0.2) is 12.1 Å². The summed E-state index contributed by atoms with van der Waals surface area (Å²) in [5.74, 6) is 3.29. The quantitative estimate of drug-likeness (QED) is 0.585. The Hall–Kier alpha value is -0.538. The predicted molar refractivity (Wildman–Crippen MR) is 90.3 cm³/mol. The van der Waals surface area contributed by atoms with Crippen molar-refractivity contribution in [3.05, 3.63) is 17.0 Å². The van der Waals surface area contributed by atoms with Crippen LogP contribution in [0.2, 0.25) is 19.6 Å². The third-order valence-electron chi connectivity index (χ3n) is 3.67. The molecule has 0 radical (unpaired) electrons. The number of thiophene rings is 1. The molecular formula is C15H23BO2SSi. The summed E-state index contributed by atoms with van der Waals surface area (Å²) in [5, 5.41) is 0. The summed E-state index contributed by atoms with van der Waals surface area (Å²) in [5.41, 5.74) is 2.82. The van der Waals surface area contributed by atoms with E-state index in [1.54, 1.807) is 11.3 Å². The molecule has 0 aromatic carbocycles. The average Bonchev–Trinajstić information content (AvgIpc) is 2.79. The number of hydrogen-bond donors (Lipinski definition) is 0. The smallest absolute Gasteiger partial charge is 0.399 e. The standard InChI is InChI=1S/C15H23BO2SSi/c1-14(2)15(3,4)18-16(17-14)13-9-8-12(19-13)10-11-20(5,6)7/h8-9H,1-7H3. The van der Waals surface area contributed by atoms with E-state index in [2.05, 4.69) is 70.9 Å². The molecular weight excluding hydrogens is 283 g/mol. The van der Waals surface area contributed by atoms with Gasteiger partial charge in [0.15, 0.2) is 0 Å². The third kappa shape index (κ3) is 3.37. The highest BCUT2D eigenvalue weighted by atomic mass is 32.1. The van der Waals surface area contributed by atoms with Crippen LogP contribution < -0.4 is 4.78 Å². The Morgan fingerprint density at radius 1 is 1.05 bits per heavy atom. The van der Waals surface area contributed by atoms with Gasteiger partial charge in [0.25, 0.3) is 0 Å². The molecule has 0 amide bonds. The van der Waals surface area contributed by atoms with Crippen molar-refractivity contribution in [3.8, 4) is 11.5 Å². The van der Waals surface area contributed by atoms with Crippen LogP contribution in [0.1, 0.15) is 32.6 Å². The molecule has 0 saturated carbocycles. The maximum atomic E-state index is 6.06. The molecule has 0 N–H and O–H groups in total. The maximum absolute atomic E-state index is 6.06. The van der Waals surface area contributed by atoms with Gasteiger partial charge in [0, 0.05) is 4.78 Å². The van der Waals surface area contributed by atoms with E-state index in [9.17, 15) is 0 Å². The lowest BCUT2D eigenvalue weighted by Crippen LogP contribution is -2.41. The fourth-order valence-corrected chi connectivity index (χ4v) is 3.18. The highest BCUT2D eigenvalue weighted by Gasteiger charge is 2.52. The number of rotatable bonds is 1. The van der Waals surface area contributed by atoms with E-state index in [-0.39, 0.29) is 18.3 Å². The zero-order valence-corrected chi connectivity index (χ0v) is 15.3. The first-order chi connectivity index (χ1) is 9.00. The van der Waals surface area contributed by atoms with Gasteiger partial charge in [-0.2, -0.15) is 0 Å². The van der Waals surface area contributed by atoms with Gasteiger partial charge >= 0.3 is 7.12 Å². The normalized spacial score (nSPS) is 20.6. The Morgan fingerprint density at radius 3 is 2.10 bits per heavy atom. The second kappa shape index (κ2) is 5.03. The molecule has 1 aliphatic rings. The first kappa shape index (κ1) is 15.8. The molecule has 1 aromatic heterocycles. The fraction of sp³-hybridized carbons (Fsp3) is 0.600. The van der Waals surface area contributed by atoms with E-state index in [1.807, 2.05) is 0 Å². The second-order valence-corrected chi connectivity index (χ2v) is 13.2. The molecule has 5 heteroatoms. The molecule has 0 aliphatic carbocycles. The summed E-state index contributed by atoms with van der Waals surface area (Å²) in [4.78, 5) is 1.09. The van der Waals surface area contributed by atoms with Gasteiger partial charge in [-0.05, 0) is 33.8 Å². The van der Waals surface area contributed by atoms with Crippen LogP contribution in [-0.2, 0) is 9.31 Å². The summed E-state index contributed by atoms with van der Waals surface area (Å²) in [7, 11) is -1.60. The first-order valence-electron chi connectivity index (χ1n) is 6.99. The minimum atomic E-state index is -1.33. The van der Waals surface area contributed by atoms with Gasteiger partial charge in [-0.1, -0.05) is 31.6 Å². The van der Waals surface area contributed by atoms with Crippen molar-refractivity contribution in [3.63, 3.8) is 0 Å². The molecule has 0 bridgehead atoms. The van der Waals surface area contributed by atoms with Gasteiger partial charge in [-0.3, -0.25) is 0 Å².